The van der Waals surface area contributed by atoms with Gasteiger partial charge in [0.15, 0.2) is 0 Å². The van der Waals surface area contributed by atoms with E-state index in [1.54, 1.807) is 0 Å². The quantitative estimate of drug-likeness (QED) is 0.795. The summed E-state index contributed by atoms with van der Waals surface area (Å²) in [6, 6.07) is 0. The second-order valence-electron chi connectivity index (χ2n) is 7.71. The van der Waals surface area contributed by atoms with Crippen LogP contribution in [0, 0.1) is 11.8 Å². The topological polar surface area (TPSA) is 46.5 Å². The highest BCUT2D eigenvalue weighted by Gasteiger charge is 2.31. The molecule has 0 spiro atoms. The van der Waals surface area contributed by atoms with E-state index in [1.165, 1.54) is 38.5 Å². The lowest BCUT2D eigenvalue weighted by molar-refractivity contribution is -0.122. The van der Waals surface area contributed by atoms with Crippen LogP contribution in [0.3, 0.4) is 0 Å². The standard InChI is InChI=1S/C19H32O3S/c20-16-7-10-19(22-13-16)15-5-8-17(9-6-15)23-12-11-18(21)14-3-1-2-4-14/h14-17,19-20H,1-13H2/t15?,16-,17?,19-/m0/s1. The van der Waals surface area contributed by atoms with Gasteiger partial charge in [0.2, 0.25) is 0 Å². The van der Waals surface area contributed by atoms with Crippen LogP contribution in [0.25, 0.3) is 0 Å². The Kier molecular flexibility index (Phi) is 6.84. The number of Topliss-reactive ketones (excluding diaryl/α,β-unsaturated/α-hetero) is 1. The van der Waals surface area contributed by atoms with Gasteiger partial charge in [-0.3, -0.25) is 4.79 Å². The molecule has 1 aliphatic heterocycles. The normalized spacial score (nSPS) is 36.2. The highest BCUT2D eigenvalue weighted by atomic mass is 32.2. The van der Waals surface area contributed by atoms with Gasteiger partial charge in [-0.15, -0.1) is 0 Å². The second kappa shape index (κ2) is 8.87. The fourth-order valence-corrected chi connectivity index (χ4v) is 5.79. The molecule has 1 N–H and O–H groups in total. The number of carbonyl (C=O) groups excluding carboxylic acids is 1. The molecule has 0 bridgehead atoms. The first-order valence-corrected chi connectivity index (χ1v) is 10.7. The zero-order valence-corrected chi connectivity index (χ0v) is 15.1. The number of aliphatic hydroxyl groups is 1. The zero-order chi connectivity index (χ0) is 16.1. The fourth-order valence-electron chi connectivity index (χ4n) is 4.53. The van der Waals surface area contributed by atoms with Crippen LogP contribution in [0.15, 0.2) is 0 Å². The van der Waals surface area contributed by atoms with Crippen molar-refractivity contribution >= 4 is 17.5 Å². The molecule has 3 aliphatic rings. The molecule has 1 saturated heterocycles. The van der Waals surface area contributed by atoms with Gasteiger partial charge in [0.05, 0.1) is 18.8 Å². The Bertz CT molecular complexity index is 365. The molecule has 0 aromatic rings. The fraction of sp³-hybridized carbons (Fsp3) is 0.947. The number of thioether (sulfide) groups is 1. The predicted molar refractivity (Wildman–Crippen MR) is 94.8 cm³/mol. The summed E-state index contributed by atoms with van der Waals surface area (Å²) < 4.78 is 5.83. The third-order valence-electron chi connectivity index (χ3n) is 6.04. The molecule has 3 rings (SSSR count). The molecule has 3 fully saturated rings. The van der Waals surface area contributed by atoms with E-state index in [9.17, 15) is 9.90 Å². The van der Waals surface area contributed by atoms with Gasteiger partial charge in [0.1, 0.15) is 5.78 Å². The zero-order valence-electron chi connectivity index (χ0n) is 14.3. The summed E-state index contributed by atoms with van der Waals surface area (Å²) in [6.45, 7) is 0.530. The molecule has 2 atom stereocenters. The number of aliphatic hydroxyl groups excluding tert-OH is 1. The van der Waals surface area contributed by atoms with E-state index in [2.05, 4.69) is 0 Å². The molecule has 0 radical (unpaired) electrons. The van der Waals surface area contributed by atoms with Crippen molar-refractivity contribution in [1.82, 2.24) is 0 Å². The number of carbonyl (C=O) groups is 1. The van der Waals surface area contributed by atoms with E-state index >= 15 is 0 Å². The molecule has 2 aliphatic carbocycles. The molecule has 0 amide bonds. The summed E-state index contributed by atoms with van der Waals surface area (Å²) in [5.74, 6) is 2.64. The van der Waals surface area contributed by atoms with Crippen molar-refractivity contribution in [3.63, 3.8) is 0 Å². The van der Waals surface area contributed by atoms with Gasteiger partial charge in [-0.25, -0.2) is 0 Å². The second-order valence-corrected chi connectivity index (χ2v) is 9.12. The third-order valence-corrected chi connectivity index (χ3v) is 7.43. The lowest BCUT2D eigenvalue weighted by Crippen LogP contribution is -2.36. The minimum Gasteiger partial charge on any atom is -0.391 e. The number of ketones is 1. The summed E-state index contributed by atoms with van der Waals surface area (Å²) >= 11 is 2.03. The van der Waals surface area contributed by atoms with Crippen LogP contribution < -0.4 is 0 Å². The SMILES string of the molecule is O=C(CCSC1CCC([C@@H]2CC[C@H](O)CO2)CC1)C1CCCC1. The summed E-state index contributed by atoms with van der Waals surface area (Å²) in [4.78, 5) is 12.1. The van der Waals surface area contributed by atoms with Crippen molar-refractivity contribution in [2.24, 2.45) is 11.8 Å². The van der Waals surface area contributed by atoms with Crippen molar-refractivity contribution in [3.05, 3.63) is 0 Å². The molecule has 0 aromatic heterocycles. The Morgan fingerprint density at radius 2 is 1.74 bits per heavy atom. The van der Waals surface area contributed by atoms with Crippen LogP contribution in [-0.2, 0) is 9.53 Å². The first-order chi connectivity index (χ1) is 11.2. The summed E-state index contributed by atoms with van der Waals surface area (Å²) in [5, 5.41) is 10.3. The first-order valence-electron chi connectivity index (χ1n) is 9.66. The van der Waals surface area contributed by atoms with Crippen LogP contribution in [0.2, 0.25) is 0 Å². The van der Waals surface area contributed by atoms with Crippen molar-refractivity contribution in [2.75, 3.05) is 12.4 Å². The molecule has 0 unspecified atom stereocenters. The van der Waals surface area contributed by atoms with E-state index in [4.69, 9.17) is 4.74 Å². The Morgan fingerprint density at radius 1 is 1.00 bits per heavy atom. The van der Waals surface area contributed by atoms with Crippen LogP contribution >= 0.6 is 11.8 Å². The number of rotatable bonds is 6. The maximum Gasteiger partial charge on any atom is 0.136 e. The number of ether oxygens (including phenoxy) is 1. The van der Waals surface area contributed by atoms with E-state index in [1.807, 2.05) is 11.8 Å². The largest absolute Gasteiger partial charge is 0.391 e. The molecule has 3 nitrogen and oxygen atoms in total. The molecule has 23 heavy (non-hydrogen) atoms. The minimum absolute atomic E-state index is 0.240. The van der Waals surface area contributed by atoms with E-state index < -0.39 is 0 Å². The van der Waals surface area contributed by atoms with Crippen molar-refractivity contribution in [2.45, 2.75) is 88.1 Å². The summed E-state index contributed by atoms with van der Waals surface area (Å²) in [5.41, 5.74) is 0. The lowest BCUT2D eigenvalue weighted by atomic mass is 9.82. The van der Waals surface area contributed by atoms with Gasteiger partial charge in [0, 0.05) is 23.3 Å². The van der Waals surface area contributed by atoms with E-state index in [-0.39, 0.29) is 6.10 Å². The van der Waals surface area contributed by atoms with Gasteiger partial charge < -0.3 is 9.84 Å². The summed E-state index contributed by atoms with van der Waals surface area (Å²) in [6.07, 6.45) is 12.7. The molecule has 1 heterocycles. The first kappa shape index (κ1) is 17.8. The molecule has 132 valence electrons. The van der Waals surface area contributed by atoms with Crippen LogP contribution in [0.5, 0.6) is 0 Å². The highest BCUT2D eigenvalue weighted by molar-refractivity contribution is 7.99. The minimum atomic E-state index is -0.240. The predicted octanol–water partition coefficient (Wildman–Crippen LogP) is 3.97. The molecule has 4 heteroatoms. The average Bonchev–Trinajstić information content (AvgIpc) is 3.11. The summed E-state index contributed by atoms with van der Waals surface area (Å²) in [7, 11) is 0. The van der Waals surface area contributed by atoms with Crippen LogP contribution in [0.1, 0.15) is 70.6 Å². The van der Waals surface area contributed by atoms with Gasteiger partial charge in [0.25, 0.3) is 0 Å². The maximum atomic E-state index is 12.1. The smallest absolute Gasteiger partial charge is 0.136 e. The lowest BCUT2D eigenvalue weighted by Gasteiger charge is -2.36. The molecular formula is C19H32O3S. The Hall–Kier alpha value is -0.0600. The van der Waals surface area contributed by atoms with E-state index in [0.717, 1.165) is 43.1 Å². The monoisotopic (exact) mass is 340 g/mol. The van der Waals surface area contributed by atoms with Crippen molar-refractivity contribution in [3.8, 4) is 0 Å². The number of hydrogen-bond donors (Lipinski definition) is 1. The number of hydrogen-bond acceptors (Lipinski definition) is 4. The highest BCUT2D eigenvalue weighted by Crippen LogP contribution is 2.37. The van der Waals surface area contributed by atoms with Gasteiger partial charge in [-0.1, -0.05) is 12.8 Å². The Balaban J connectivity index is 1.29. The maximum absolute atomic E-state index is 12.1. The van der Waals surface area contributed by atoms with Gasteiger partial charge in [-0.05, 0) is 57.3 Å². The van der Waals surface area contributed by atoms with Crippen LogP contribution in [0.4, 0.5) is 0 Å². The van der Waals surface area contributed by atoms with E-state index in [0.29, 0.717) is 30.3 Å². The third kappa shape index (κ3) is 5.20. The molecular weight excluding hydrogens is 308 g/mol. The Labute approximate surface area is 144 Å². The Morgan fingerprint density at radius 3 is 2.39 bits per heavy atom. The van der Waals surface area contributed by atoms with Crippen LogP contribution in [-0.4, -0.2) is 40.7 Å². The van der Waals surface area contributed by atoms with Crippen molar-refractivity contribution < 1.29 is 14.6 Å². The van der Waals surface area contributed by atoms with Gasteiger partial charge >= 0.3 is 0 Å². The molecule has 0 aromatic carbocycles. The molecule has 2 saturated carbocycles. The van der Waals surface area contributed by atoms with Crippen molar-refractivity contribution in [1.29, 1.82) is 0 Å². The average molecular weight is 341 g/mol. The van der Waals surface area contributed by atoms with Gasteiger partial charge in [-0.2, -0.15) is 11.8 Å².